The Labute approximate surface area is 212 Å². The molecule has 3 aromatic rings. The number of methoxy groups -OCH3 is 3. The van der Waals surface area contributed by atoms with E-state index in [1.807, 2.05) is 19.9 Å². The Balaban J connectivity index is 1.95. The minimum Gasteiger partial charge on any atom is -0.495 e. The molecular formula is C27H32N2O6S. The first kappa shape index (κ1) is 26.9. The predicted octanol–water partition coefficient (Wildman–Crippen LogP) is 4.48. The Morgan fingerprint density at radius 2 is 1.53 bits per heavy atom. The third-order valence-corrected chi connectivity index (χ3v) is 7.58. The first-order chi connectivity index (χ1) is 17.2. The van der Waals surface area contributed by atoms with Gasteiger partial charge in [0.15, 0.2) is 11.5 Å². The van der Waals surface area contributed by atoms with Crippen LogP contribution in [0.2, 0.25) is 0 Å². The molecule has 0 fully saturated rings. The van der Waals surface area contributed by atoms with Crippen LogP contribution in [0, 0.1) is 6.92 Å². The summed E-state index contributed by atoms with van der Waals surface area (Å²) in [7, 11) is 0.486. The minimum atomic E-state index is -4.07. The smallest absolute Gasteiger partial charge is 0.264 e. The van der Waals surface area contributed by atoms with Crippen molar-refractivity contribution in [2.45, 2.75) is 31.2 Å². The summed E-state index contributed by atoms with van der Waals surface area (Å²) in [6.45, 7) is 3.38. The first-order valence-electron chi connectivity index (χ1n) is 11.5. The molecule has 3 aromatic carbocycles. The normalized spacial score (nSPS) is 11.9. The van der Waals surface area contributed by atoms with Gasteiger partial charge in [0, 0.05) is 0 Å². The number of para-hydroxylation sites is 2. The van der Waals surface area contributed by atoms with Gasteiger partial charge in [0.2, 0.25) is 5.91 Å². The van der Waals surface area contributed by atoms with Crippen molar-refractivity contribution in [1.82, 2.24) is 5.32 Å². The van der Waals surface area contributed by atoms with Crippen LogP contribution in [0.15, 0.2) is 71.6 Å². The number of sulfonamides is 1. The maximum Gasteiger partial charge on any atom is 0.264 e. The number of ether oxygens (including phenoxy) is 3. The Bertz CT molecular complexity index is 1290. The number of nitrogens with zero attached hydrogens (tertiary/aromatic N) is 1. The van der Waals surface area contributed by atoms with E-state index < -0.39 is 22.5 Å². The summed E-state index contributed by atoms with van der Waals surface area (Å²) in [4.78, 5) is 13.3. The van der Waals surface area contributed by atoms with E-state index in [-0.39, 0.29) is 16.6 Å². The van der Waals surface area contributed by atoms with Gasteiger partial charge in [-0.1, -0.05) is 42.8 Å². The van der Waals surface area contributed by atoms with E-state index in [4.69, 9.17) is 14.2 Å². The summed E-state index contributed by atoms with van der Waals surface area (Å²) in [5, 5.41) is 2.96. The molecule has 1 amide bonds. The first-order valence-corrected chi connectivity index (χ1v) is 12.9. The van der Waals surface area contributed by atoms with Crippen molar-refractivity contribution >= 4 is 21.6 Å². The fourth-order valence-corrected chi connectivity index (χ4v) is 5.27. The zero-order chi connectivity index (χ0) is 26.3. The molecule has 0 aromatic heterocycles. The van der Waals surface area contributed by atoms with Crippen molar-refractivity contribution in [1.29, 1.82) is 0 Å². The van der Waals surface area contributed by atoms with E-state index in [1.54, 1.807) is 62.8 Å². The summed E-state index contributed by atoms with van der Waals surface area (Å²) in [5.41, 5.74) is 2.01. The maximum absolute atomic E-state index is 13.7. The molecule has 3 rings (SSSR count). The van der Waals surface area contributed by atoms with Crippen LogP contribution in [0.5, 0.6) is 17.2 Å². The highest BCUT2D eigenvalue weighted by molar-refractivity contribution is 7.92. The van der Waals surface area contributed by atoms with Crippen LogP contribution >= 0.6 is 0 Å². The fraction of sp³-hybridized carbons (Fsp3) is 0.296. The minimum absolute atomic E-state index is 0.0822. The number of hydrogen-bond acceptors (Lipinski definition) is 6. The topological polar surface area (TPSA) is 94.2 Å². The largest absolute Gasteiger partial charge is 0.495 e. The number of anilines is 1. The van der Waals surface area contributed by atoms with Crippen molar-refractivity contribution in [3.63, 3.8) is 0 Å². The number of aryl methyl sites for hydroxylation is 1. The molecule has 0 saturated heterocycles. The molecule has 0 aliphatic carbocycles. The van der Waals surface area contributed by atoms with E-state index in [0.29, 0.717) is 23.7 Å². The van der Waals surface area contributed by atoms with E-state index in [0.717, 1.165) is 15.4 Å². The van der Waals surface area contributed by atoms with Crippen LogP contribution in [-0.2, 0) is 14.8 Å². The van der Waals surface area contributed by atoms with Gasteiger partial charge >= 0.3 is 0 Å². The molecule has 1 N–H and O–H groups in total. The van der Waals surface area contributed by atoms with Crippen LogP contribution in [0.25, 0.3) is 0 Å². The molecule has 0 bridgehead atoms. The zero-order valence-electron chi connectivity index (χ0n) is 21.1. The predicted molar refractivity (Wildman–Crippen MR) is 139 cm³/mol. The van der Waals surface area contributed by atoms with E-state index in [2.05, 4.69) is 5.32 Å². The third-order valence-electron chi connectivity index (χ3n) is 5.80. The highest BCUT2D eigenvalue weighted by Crippen LogP contribution is 2.33. The molecule has 0 radical (unpaired) electrons. The molecular weight excluding hydrogens is 480 g/mol. The second-order valence-electron chi connectivity index (χ2n) is 8.14. The lowest BCUT2D eigenvalue weighted by Gasteiger charge is -2.27. The summed E-state index contributed by atoms with van der Waals surface area (Å²) >= 11 is 0. The van der Waals surface area contributed by atoms with Gasteiger partial charge in [-0.3, -0.25) is 9.10 Å². The molecule has 0 saturated carbocycles. The summed E-state index contributed by atoms with van der Waals surface area (Å²) in [6.07, 6.45) is 0.584. The Morgan fingerprint density at radius 3 is 2.14 bits per heavy atom. The number of rotatable bonds is 11. The average molecular weight is 513 g/mol. The second kappa shape index (κ2) is 11.8. The van der Waals surface area contributed by atoms with Gasteiger partial charge in [0.1, 0.15) is 12.3 Å². The average Bonchev–Trinajstić information content (AvgIpc) is 2.90. The van der Waals surface area contributed by atoms with Gasteiger partial charge in [-0.15, -0.1) is 0 Å². The van der Waals surface area contributed by atoms with Crippen LogP contribution in [-0.4, -0.2) is 42.2 Å². The summed E-state index contributed by atoms with van der Waals surface area (Å²) in [6, 6.07) is 18.3. The Morgan fingerprint density at radius 1 is 0.889 bits per heavy atom. The van der Waals surface area contributed by atoms with Crippen LogP contribution in [0.3, 0.4) is 0 Å². The molecule has 9 heteroatoms. The van der Waals surface area contributed by atoms with E-state index in [9.17, 15) is 13.2 Å². The zero-order valence-corrected chi connectivity index (χ0v) is 22.0. The van der Waals surface area contributed by atoms with Gasteiger partial charge < -0.3 is 19.5 Å². The number of carbonyl (C=O) groups excluding carboxylic acids is 1. The Hall–Kier alpha value is -3.72. The maximum atomic E-state index is 13.7. The molecule has 1 unspecified atom stereocenters. The highest BCUT2D eigenvalue weighted by atomic mass is 32.2. The van der Waals surface area contributed by atoms with E-state index in [1.165, 1.54) is 19.2 Å². The summed E-state index contributed by atoms with van der Waals surface area (Å²) in [5.74, 6) is 1.00. The third kappa shape index (κ3) is 5.91. The van der Waals surface area contributed by atoms with Crippen molar-refractivity contribution in [3.8, 4) is 17.2 Å². The van der Waals surface area contributed by atoms with Crippen molar-refractivity contribution in [3.05, 3.63) is 77.9 Å². The molecule has 0 aliphatic rings. The number of carbonyl (C=O) groups is 1. The van der Waals surface area contributed by atoms with E-state index >= 15 is 0 Å². The lowest BCUT2D eigenvalue weighted by atomic mass is 10.0. The molecule has 1 atom stereocenters. The van der Waals surface area contributed by atoms with Crippen LogP contribution in [0.1, 0.15) is 30.5 Å². The van der Waals surface area contributed by atoms with Gasteiger partial charge in [-0.05, 0) is 55.3 Å². The number of amides is 1. The van der Waals surface area contributed by atoms with Crippen LogP contribution < -0.4 is 23.8 Å². The Kier molecular flexibility index (Phi) is 8.82. The number of benzene rings is 3. The summed E-state index contributed by atoms with van der Waals surface area (Å²) < 4.78 is 44.5. The van der Waals surface area contributed by atoms with Crippen molar-refractivity contribution in [2.75, 3.05) is 32.2 Å². The van der Waals surface area contributed by atoms with Crippen LogP contribution in [0.4, 0.5) is 5.69 Å². The van der Waals surface area contributed by atoms with Crippen molar-refractivity contribution < 1.29 is 27.4 Å². The van der Waals surface area contributed by atoms with Gasteiger partial charge in [-0.25, -0.2) is 8.42 Å². The SMILES string of the molecule is CCC(NC(=O)CN(c1ccccc1OC)S(=O)(=O)c1ccc(C)cc1)c1ccc(OC)c(OC)c1. The molecule has 0 spiro atoms. The van der Waals surface area contributed by atoms with Gasteiger partial charge in [-0.2, -0.15) is 0 Å². The quantitative estimate of drug-likeness (QED) is 0.407. The lowest BCUT2D eigenvalue weighted by Crippen LogP contribution is -2.42. The van der Waals surface area contributed by atoms with Crippen molar-refractivity contribution in [2.24, 2.45) is 0 Å². The fourth-order valence-electron chi connectivity index (χ4n) is 3.83. The van der Waals surface area contributed by atoms with Gasteiger partial charge in [0.05, 0.1) is 38.0 Å². The molecule has 0 heterocycles. The molecule has 192 valence electrons. The van der Waals surface area contributed by atoms with Gasteiger partial charge in [0.25, 0.3) is 10.0 Å². The monoisotopic (exact) mass is 512 g/mol. The standard InChI is InChI=1S/C27H32N2O6S/c1-6-22(20-13-16-25(34-4)26(17-20)35-5)28-27(30)18-29(23-9-7-8-10-24(23)33-3)36(31,32)21-14-11-19(2)12-15-21/h7-17,22H,6,18H2,1-5H3,(H,28,30). The molecule has 8 nitrogen and oxygen atoms in total. The molecule has 36 heavy (non-hydrogen) atoms. The number of nitrogens with one attached hydrogen (secondary N) is 1. The lowest BCUT2D eigenvalue weighted by molar-refractivity contribution is -0.120. The molecule has 0 aliphatic heterocycles. The second-order valence-corrected chi connectivity index (χ2v) is 10.0. The highest BCUT2D eigenvalue weighted by Gasteiger charge is 2.30. The number of hydrogen-bond donors (Lipinski definition) is 1.